The fourth-order valence-electron chi connectivity index (χ4n) is 5.49. The van der Waals surface area contributed by atoms with Crippen LogP contribution < -0.4 is 14.8 Å². The van der Waals surface area contributed by atoms with Gasteiger partial charge in [-0.3, -0.25) is 19.1 Å². The van der Waals surface area contributed by atoms with Gasteiger partial charge in [0, 0.05) is 51.0 Å². The number of aromatic nitrogens is 2. The predicted molar refractivity (Wildman–Crippen MR) is 160 cm³/mol. The Kier molecular flexibility index (Phi) is 10.1. The first-order chi connectivity index (χ1) is 21.3. The highest BCUT2D eigenvalue weighted by Crippen LogP contribution is 2.33. The highest BCUT2D eigenvalue weighted by Gasteiger charge is 2.34. The van der Waals surface area contributed by atoms with Crippen LogP contribution in [-0.2, 0) is 27.5 Å². The SMILES string of the molecule is COc1ccc2cc1Oc1cccc(c1)CO[C@H]1CCN(C(=O)CCn3ccc(C)n3)C[C@@H]1NC(=O)CN(CCCO)C2=O. The van der Waals surface area contributed by atoms with Crippen molar-refractivity contribution >= 4 is 17.7 Å². The monoisotopic (exact) mass is 605 g/mol. The summed E-state index contributed by atoms with van der Waals surface area (Å²) >= 11 is 0. The fourth-order valence-corrected chi connectivity index (χ4v) is 5.49. The number of carbonyl (C=O) groups is 3. The summed E-state index contributed by atoms with van der Waals surface area (Å²) in [6.45, 7) is 3.23. The molecule has 44 heavy (non-hydrogen) atoms. The lowest BCUT2D eigenvalue weighted by molar-refractivity contribution is -0.137. The number of benzene rings is 2. The molecule has 1 fully saturated rings. The number of aryl methyl sites for hydroxylation is 2. The number of aliphatic hydroxyl groups excluding tert-OH is 1. The molecule has 0 saturated carbocycles. The molecule has 1 aromatic heterocycles. The smallest absolute Gasteiger partial charge is 0.254 e. The summed E-state index contributed by atoms with van der Waals surface area (Å²) in [4.78, 5) is 43.4. The first kappa shape index (κ1) is 31.0. The summed E-state index contributed by atoms with van der Waals surface area (Å²) in [7, 11) is 1.52. The third-order valence-corrected chi connectivity index (χ3v) is 7.79. The zero-order valence-electron chi connectivity index (χ0n) is 25.1. The van der Waals surface area contributed by atoms with Gasteiger partial charge in [-0.2, -0.15) is 5.10 Å². The molecule has 3 amide bonds. The number of nitrogens with one attached hydrogen (secondary N) is 1. The number of piperidine rings is 1. The van der Waals surface area contributed by atoms with E-state index in [9.17, 15) is 19.5 Å². The highest BCUT2D eigenvalue weighted by molar-refractivity contribution is 5.97. The first-order valence-electron chi connectivity index (χ1n) is 14.9. The summed E-state index contributed by atoms with van der Waals surface area (Å²) in [5.74, 6) is 0.566. The molecule has 234 valence electrons. The Morgan fingerprint density at radius 1 is 1.16 bits per heavy atom. The highest BCUT2D eigenvalue weighted by atomic mass is 16.5. The molecule has 2 aliphatic rings. The van der Waals surface area contributed by atoms with Crippen molar-refractivity contribution in [3.63, 3.8) is 0 Å². The predicted octanol–water partition coefficient (Wildman–Crippen LogP) is 2.52. The topological polar surface area (TPSA) is 135 Å². The lowest BCUT2D eigenvalue weighted by Gasteiger charge is -2.39. The van der Waals surface area contributed by atoms with Gasteiger partial charge in [-0.25, -0.2) is 0 Å². The molecule has 12 heteroatoms. The number of methoxy groups -OCH3 is 1. The molecular weight excluding hydrogens is 566 g/mol. The molecule has 0 unspecified atom stereocenters. The fraction of sp³-hybridized carbons (Fsp3) is 0.438. The van der Waals surface area contributed by atoms with Crippen molar-refractivity contribution in [1.82, 2.24) is 24.9 Å². The molecule has 2 aliphatic heterocycles. The van der Waals surface area contributed by atoms with E-state index in [1.807, 2.05) is 43.5 Å². The van der Waals surface area contributed by atoms with Gasteiger partial charge in [-0.1, -0.05) is 12.1 Å². The van der Waals surface area contributed by atoms with Gasteiger partial charge in [-0.05, 0) is 61.7 Å². The summed E-state index contributed by atoms with van der Waals surface area (Å²) < 4.78 is 19.7. The molecule has 5 rings (SSSR count). The van der Waals surface area contributed by atoms with Crippen LogP contribution in [-0.4, -0.2) is 94.4 Å². The number of ether oxygens (including phenoxy) is 3. The van der Waals surface area contributed by atoms with E-state index in [0.717, 1.165) is 11.3 Å². The summed E-state index contributed by atoms with van der Waals surface area (Å²) in [6.07, 6.45) is 2.61. The third-order valence-electron chi connectivity index (χ3n) is 7.79. The van der Waals surface area contributed by atoms with Gasteiger partial charge >= 0.3 is 0 Å². The standard InChI is InChI=1S/C32H39N5O7/c1-22-9-14-37(34-22)15-11-31(40)35-13-10-27-26(19-35)33-30(39)20-36(12-4-16-38)32(41)24-7-8-28(42-2)29(18-24)44-25-6-3-5-23(17-25)21-43-27/h3,5-9,14,17-18,26-27,38H,4,10-13,15-16,19-21H2,1-2H3,(H,33,39)/t26-,27-/m0/s1. The van der Waals surface area contributed by atoms with Crippen molar-refractivity contribution in [2.45, 2.75) is 51.5 Å². The van der Waals surface area contributed by atoms with E-state index in [-0.39, 0.29) is 63.1 Å². The summed E-state index contributed by atoms with van der Waals surface area (Å²) in [5.41, 5.74) is 2.08. The second-order valence-electron chi connectivity index (χ2n) is 11.0. The molecule has 3 aromatic rings. The average molecular weight is 606 g/mol. The Morgan fingerprint density at radius 3 is 2.80 bits per heavy atom. The molecule has 3 heterocycles. The lowest BCUT2D eigenvalue weighted by Crippen LogP contribution is -2.58. The number of hydrogen-bond acceptors (Lipinski definition) is 8. The van der Waals surface area contributed by atoms with Crippen LogP contribution >= 0.6 is 0 Å². The Labute approximate surface area is 256 Å². The van der Waals surface area contributed by atoms with Crippen molar-refractivity contribution in [2.24, 2.45) is 0 Å². The summed E-state index contributed by atoms with van der Waals surface area (Å²) in [6, 6.07) is 13.7. The van der Waals surface area contributed by atoms with Crippen LogP contribution in [0.25, 0.3) is 0 Å². The Bertz CT molecular complexity index is 1470. The number of amides is 3. The maximum Gasteiger partial charge on any atom is 0.254 e. The molecule has 0 spiro atoms. The molecule has 1 saturated heterocycles. The molecule has 2 N–H and O–H groups in total. The van der Waals surface area contributed by atoms with Gasteiger partial charge < -0.3 is 34.4 Å². The van der Waals surface area contributed by atoms with Crippen LogP contribution in [0.2, 0.25) is 0 Å². The van der Waals surface area contributed by atoms with Crippen molar-refractivity contribution in [3.05, 3.63) is 71.5 Å². The maximum absolute atomic E-state index is 13.6. The van der Waals surface area contributed by atoms with Crippen molar-refractivity contribution < 1.29 is 33.7 Å². The number of likely N-dealkylation sites (tertiary alicyclic amines) is 1. The van der Waals surface area contributed by atoms with Crippen molar-refractivity contribution in [1.29, 1.82) is 0 Å². The van der Waals surface area contributed by atoms with Gasteiger partial charge in [0.2, 0.25) is 11.8 Å². The van der Waals surface area contributed by atoms with Crippen molar-refractivity contribution in [3.8, 4) is 17.2 Å². The van der Waals surface area contributed by atoms with E-state index in [0.29, 0.717) is 48.7 Å². The number of rotatable bonds is 7. The molecule has 0 aliphatic carbocycles. The minimum Gasteiger partial charge on any atom is -0.493 e. The molecule has 0 radical (unpaired) electrons. The quantitative estimate of drug-likeness (QED) is 0.420. The normalized spacial score (nSPS) is 19.2. The minimum absolute atomic E-state index is 0.0297. The molecule has 12 nitrogen and oxygen atoms in total. The largest absolute Gasteiger partial charge is 0.493 e. The van der Waals surface area contributed by atoms with Crippen LogP contribution in [0, 0.1) is 6.92 Å². The van der Waals surface area contributed by atoms with Gasteiger partial charge in [0.15, 0.2) is 11.5 Å². The Morgan fingerprint density at radius 2 is 2.02 bits per heavy atom. The zero-order chi connectivity index (χ0) is 31.1. The van der Waals surface area contributed by atoms with E-state index < -0.39 is 6.04 Å². The van der Waals surface area contributed by atoms with E-state index in [4.69, 9.17) is 14.2 Å². The second-order valence-corrected chi connectivity index (χ2v) is 11.0. The van der Waals surface area contributed by atoms with Gasteiger partial charge in [0.1, 0.15) is 5.75 Å². The number of aliphatic hydroxyl groups is 1. The number of hydrogen-bond donors (Lipinski definition) is 2. The number of carbonyl (C=O) groups excluding carboxylic acids is 3. The van der Waals surface area contributed by atoms with E-state index in [1.165, 1.54) is 12.0 Å². The van der Waals surface area contributed by atoms with Gasteiger partial charge in [0.05, 0.1) is 38.1 Å². The lowest BCUT2D eigenvalue weighted by atomic mass is 10.0. The van der Waals surface area contributed by atoms with E-state index in [1.54, 1.807) is 27.8 Å². The third kappa shape index (κ3) is 7.74. The minimum atomic E-state index is -0.484. The molecular formula is C32H39N5O7. The number of fused-ring (bicyclic) bond motifs is 5. The zero-order valence-corrected chi connectivity index (χ0v) is 25.1. The van der Waals surface area contributed by atoms with E-state index in [2.05, 4.69) is 10.4 Å². The Hall–Kier alpha value is -4.42. The molecule has 2 aromatic carbocycles. The maximum atomic E-state index is 13.6. The molecule has 4 bridgehead atoms. The average Bonchev–Trinajstić information content (AvgIpc) is 3.45. The van der Waals surface area contributed by atoms with Crippen LogP contribution in [0.5, 0.6) is 17.2 Å². The first-order valence-corrected chi connectivity index (χ1v) is 14.9. The van der Waals surface area contributed by atoms with Crippen LogP contribution in [0.1, 0.15) is 40.9 Å². The van der Waals surface area contributed by atoms with Crippen LogP contribution in [0.4, 0.5) is 0 Å². The van der Waals surface area contributed by atoms with Crippen LogP contribution in [0.3, 0.4) is 0 Å². The summed E-state index contributed by atoms with van der Waals surface area (Å²) in [5, 5.41) is 16.9. The van der Waals surface area contributed by atoms with E-state index >= 15 is 0 Å². The van der Waals surface area contributed by atoms with Gasteiger partial charge in [0.25, 0.3) is 5.91 Å². The molecule has 2 atom stereocenters. The number of nitrogens with zero attached hydrogens (tertiary/aromatic N) is 4. The van der Waals surface area contributed by atoms with Gasteiger partial charge in [-0.15, -0.1) is 0 Å². The van der Waals surface area contributed by atoms with Crippen molar-refractivity contribution in [2.75, 3.05) is 39.9 Å². The Balaban J connectivity index is 1.39. The van der Waals surface area contributed by atoms with Crippen LogP contribution in [0.15, 0.2) is 54.7 Å². The second kappa shape index (κ2) is 14.4.